The van der Waals surface area contributed by atoms with Crippen LogP contribution >= 0.6 is 0 Å². The first-order valence-electron chi connectivity index (χ1n) is 10.6. The third-order valence-electron chi connectivity index (χ3n) is 5.85. The molecule has 0 saturated heterocycles. The van der Waals surface area contributed by atoms with Crippen LogP contribution in [0.5, 0.6) is 5.75 Å². The number of rotatable bonds is 4. The van der Waals surface area contributed by atoms with Gasteiger partial charge in [0.2, 0.25) is 0 Å². The number of carbonyl (C=O) groups excluding carboxylic acids is 1. The third-order valence-corrected chi connectivity index (χ3v) is 5.85. The Kier molecular flexibility index (Phi) is 4.94. The van der Waals surface area contributed by atoms with Crippen molar-refractivity contribution < 1.29 is 13.9 Å². The minimum Gasteiger partial charge on any atom is -0.483 e. The minimum atomic E-state index is -0.257. The molecule has 4 aromatic rings. The fourth-order valence-corrected chi connectivity index (χ4v) is 4.44. The zero-order valence-electron chi connectivity index (χ0n) is 17.4. The summed E-state index contributed by atoms with van der Waals surface area (Å²) < 4.78 is 11.6. The van der Waals surface area contributed by atoms with E-state index in [9.17, 15) is 9.59 Å². The number of hydrogen-bond donors (Lipinski definition) is 1. The maximum absolute atomic E-state index is 12.7. The molecule has 0 bridgehead atoms. The molecule has 31 heavy (non-hydrogen) atoms. The monoisotopic (exact) mass is 413 g/mol. The second-order valence-electron chi connectivity index (χ2n) is 8.05. The zero-order valence-corrected chi connectivity index (χ0v) is 17.4. The van der Waals surface area contributed by atoms with E-state index in [1.165, 1.54) is 0 Å². The second-order valence-corrected chi connectivity index (χ2v) is 8.05. The molecule has 1 amide bonds. The highest BCUT2D eigenvalue weighted by Gasteiger charge is 2.21. The van der Waals surface area contributed by atoms with E-state index in [1.54, 1.807) is 0 Å². The van der Waals surface area contributed by atoms with E-state index in [0.29, 0.717) is 11.3 Å². The molecule has 0 atom stereocenters. The second kappa shape index (κ2) is 7.91. The van der Waals surface area contributed by atoms with Gasteiger partial charge < -0.3 is 14.5 Å². The first kappa shape index (κ1) is 19.4. The van der Waals surface area contributed by atoms with Gasteiger partial charge in [-0.3, -0.25) is 4.79 Å². The molecule has 156 valence electrons. The van der Waals surface area contributed by atoms with E-state index < -0.39 is 0 Å². The predicted molar refractivity (Wildman–Crippen MR) is 122 cm³/mol. The maximum atomic E-state index is 12.7. The van der Waals surface area contributed by atoms with Crippen LogP contribution in [0, 0.1) is 6.92 Å². The standard InChI is InChI=1S/C26H23NO4/c1-16-13-22(25-19-10-4-5-11-20(19)26(29)31-23(25)14-16)30-15-24(28)27-21-12-6-8-17-7-2-3-9-18(17)21/h2-3,6-9,12-14H,4-5,10-11,15H2,1H3,(H,27,28). The van der Waals surface area contributed by atoms with Crippen molar-refractivity contribution >= 4 is 33.3 Å². The molecule has 3 aromatic carbocycles. The van der Waals surface area contributed by atoms with Crippen LogP contribution < -0.4 is 15.7 Å². The highest BCUT2D eigenvalue weighted by molar-refractivity contribution is 6.02. The molecule has 0 aliphatic heterocycles. The lowest BCUT2D eigenvalue weighted by atomic mass is 9.90. The topological polar surface area (TPSA) is 68.5 Å². The Morgan fingerprint density at radius 3 is 2.68 bits per heavy atom. The summed E-state index contributed by atoms with van der Waals surface area (Å²) in [5.41, 5.74) is 3.68. The van der Waals surface area contributed by atoms with E-state index in [0.717, 1.165) is 64.2 Å². The van der Waals surface area contributed by atoms with Gasteiger partial charge in [0.15, 0.2) is 6.61 Å². The van der Waals surface area contributed by atoms with E-state index >= 15 is 0 Å². The van der Waals surface area contributed by atoms with Crippen molar-refractivity contribution in [2.75, 3.05) is 11.9 Å². The lowest BCUT2D eigenvalue weighted by Crippen LogP contribution is -2.21. The number of nitrogens with one attached hydrogen (secondary N) is 1. The van der Waals surface area contributed by atoms with Crippen molar-refractivity contribution in [2.24, 2.45) is 0 Å². The fraction of sp³-hybridized carbons (Fsp3) is 0.231. The minimum absolute atomic E-state index is 0.129. The molecule has 5 rings (SSSR count). The molecule has 0 spiro atoms. The Bertz CT molecular complexity index is 1360. The van der Waals surface area contributed by atoms with Crippen molar-refractivity contribution in [3.8, 4) is 5.75 Å². The molecular formula is C26H23NO4. The van der Waals surface area contributed by atoms with E-state index in [1.807, 2.05) is 61.5 Å². The highest BCUT2D eigenvalue weighted by atomic mass is 16.5. The van der Waals surface area contributed by atoms with Gasteiger partial charge in [0.05, 0.1) is 5.39 Å². The van der Waals surface area contributed by atoms with E-state index in [4.69, 9.17) is 9.15 Å². The SMILES string of the molecule is Cc1cc(OCC(=O)Nc2cccc3ccccc23)c2c3c(c(=O)oc2c1)CCCC3. The van der Waals surface area contributed by atoms with Gasteiger partial charge in [-0.15, -0.1) is 0 Å². The average molecular weight is 413 g/mol. The third kappa shape index (κ3) is 3.67. The van der Waals surface area contributed by atoms with Crippen LogP contribution in [0.3, 0.4) is 0 Å². The quantitative estimate of drug-likeness (QED) is 0.470. The Morgan fingerprint density at radius 2 is 1.81 bits per heavy atom. The van der Waals surface area contributed by atoms with Crippen molar-refractivity contribution in [2.45, 2.75) is 32.6 Å². The number of anilines is 1. The molecule has 0 unspecified atom stereocenters. The first-order chi connectivity index (χ1) is 15.1. The molecular weight excluding hydrogens is 390 g/mol. The van der Waals surface area contributed by atoms with Crippen LogP contribution in [0.15, 0.2) is 63.8 Å². The van der Waals surface area contributed by atoms with Crippen molar-refractivity contribution in [3.05, 3.63) is 81.7 Å². The predicted octanol–water partition coefficient (Wildman–Crippen LogP) is 5.15. The summed E-state index contributed by atoms with van der Waals surface area (Å²) >= 11 is 0. The van der Waals surface area contributed by atoms with Gasteiger partial charge in [-0.05, 0) is 67.3 Å². The molecule has 0 fully saturated rings. The van der Waals surface area contributed by atoms with Gasteiger partial charge in [0.25, 0.3) is 5.91 Å². The molecule has 1 aromatic heterocycles. The van der Waals surface area contributed by atoms with Crippen LogP contribution in [0.25, 0.3) is 21.7 Å². The van der Waals surface area contributed by atoms with Crippen LogP contribution in [-0.4, -0.2) is 12.5 Å². The van der Waals surface area contributed by atoms with Gasteiger partial charge in [-0.25, -0.2) is 4.79 Å². The van der Waals surface area contributed by atoms with Crippen LogP contribution in [0.4, 0.5) is 5.69 Å². The summed E-state index contributed by atoms with van der Waals surface area (Å²) in [6.07, 6.45) is 3.56. The molecule has 1 aliphatic carbocycles. The number of hydrogen-bond acceptors (Lipinski definition) is 4. The van der Waals surface area contributed by atoms with Gasteiger partial charge >= 0.3 is 5.63 Å². The largest absolute Gasteiger partial charge is 0.483 e. The molecule has 5 nitrogen and oxygen atoms in total. The number of fused-ring (bicyclic) bond motifs is 4. The van der Waals surface area contributed by atoms with Gasteiger partial charge in [0.1, 0.15) is 11.3 Å². The Morgan fingerprint density at radius 1 is 1.03 bits per heavy atom. The maximum Gasteiger partial charge on any atom is 0.339 e. The molecule has 1 N–H and O–H groups in total. The van der Waals surface area contributed by atoms with Gasteiger partial charge in [-0.2, -0.15) is 0 Å². The van der Waals surface area contributed by atoms with Gasteiger partial charge in [-0.1, -0.05) is 36.4 Å². The highest BCUT2D eigenvalue weighted by Crippen LogP contribution is 2.34. The smallest absolute Gasteiger partial charge is 0.339 e. The normalized spacial score (nSPS) is 13.2. The van der Waals surface area contributed by atoms with Crippen molar-refractivity contribution in [3.63, 3.8) is 0 Å². The fourth-order valence-electron chi connectivity index (χ4n) is 4.44. The molecule has 0 saturated carbocycles. The van der Waals surface area contributed by atoms with Crippen LogP contribution in [0.2, 0.25) is 0 Å². The van der Waals surface area contributed by atoms with Gasteiger partial charge in [0, 0.05) is 16.6 Å². The molecule has 1 aliphatic rings. The molecule has 0 radical (unpaired) electrons. The number of aryl methyl sites for hydroxylation is 2. The summed E-state index contributed by atoms with van der Waals surface area (Å²) in [4.78, 5) is 25.1. The summed E-state index contributed by atoms with van der Waals surface area (Å²) in [5.74, 6) is 0.349. The van der Waals surface area contributed by atoms with E-state index in [2.05, 4.69) is 5.32 Å². The Labute approximate surface area is 179 Å². The van der Waals surface area contributed by atoms with Crippen molar-refractivity contribution in [1.29, 1.82) is 0 Å². The van der Waals surface area contributed by atoms with Crippen LogP contribution in [0.1, 0.15) is 29.5 Å². The van der Waals surface area contributed by atoms with Crippen molar-refractivity contribution in [1.82, 2.24) is 0 Å². The average Bonchev–Trinajstić information content (AvgIpc) is 2.77. The number of ether oxygens (including phenoxy) is 1. The Hall–Kier alpha value is -3.60. The number of amides is 1. The summed E-state index contributed by atoms with van der Waals surface area (Å²) in [5, 5.41) is 5.81. The summed E-state index contributed by atoms with van der Waals surface area (Å²) in [6, 6.07) is 17.5. The molecule has 5 heteroatoms. The van der Waals surface area contributed by atoms with Crippen LogP contribution in [-0.2, 0) is 17.6 Å². The first-order valence-corrected chi connectivity index (χ1v) is 10.6. The lowest BCUT2D eigenvalue weighted by molar-refractivity contribution is -0.118. The Balaban J connectivity index is 1.44. The number of benzene rings is 3. The zero-order chi connectivity index (χ0) is 21.4. The van der Waals surface area contributed by atoms with E-state index in [-0.39, 0.29) is 18.1 Å². The molecule has 1 heterocycles. The summed E-state index contributed by atoms with van der Waals surface area (Å²) in [6.45, 7) is 1.79. The lowest BCUT2D eigenvalue weighted by Gasteiger charge is -2.19. The number of carbonyl (C=O) groups is 1. The summed E-state index contributed by atoms with van der Waals surface area (Å²) in [7, 11) is 0.